The highest BCUT2D eigenvalue weighted by molar-refractivity contribution is 7.13. The predicted molar refractivity (Wildman–Crippen MR) is 178 cm³/mol. The third-order valence-electron chi connectivity index (χ3n) is 8.14. The number of carboxylic acids is 1. The summed E-state index contributed by atoms with van der Waals surface area (Å²) in [7, 11) is 3.51. The summed E-state index contributed by atoms with van der Waals surface area (Å²) in [6, 6.07) is 21.5. The maximum Gasteiger partial charge on any atom is 0.335 e. The number of carboxylic acid groups (broad SMARTS) is 1. The molecule has 0 unspecified atom stereocenters. The first-order chi connectivity index (χ1) is 20.8. The molecule has 0 aliphatic heterocycles. The number of carbonyl (C=O) groups excluding carboxylic acids is 1. The molecule has 44 heavy (non-hydrogen) atoms. The molecule has 0 spiro atoms. The molecule has 6 rings (SSSR count). The maximum atomic E-state index is 12.7. The Balaban J connectivity index is 0.00000384. The third kappa shape index (κ3) is 6.37. The van der Waals surface area contributed by atoms with E-state index in [-0.39, 0.29) is 23.9 Å². The highest BCUT2D eigenvalue weighted by atomic mass is 35.5. The van der Waals surface area contributed by atoms with Crippen LogP contribution in [0.1, 0.15) is 70.0 Å². The Morgan fingerprint density at radius 1 is 0.977 bits per heavy atom. The lowest BCUT2D eigenvalue weighted by atomic mass is 9.95. The van der Waals surface area contributed by atoms with Crippen LogP contribution < -0.4 is 4.74 Å². The number of hydrogen-bond donors (Lipinski definition) is 1. The average molecular weight is 630 g/mol. The number of hydrogen-bond acceptors (Lipinski definition) is 5. The number of aromatic nitrogens is 2. The van der Waals surface area contributed by atoms with E-state index in [1.165, 1.54) is 24.8 Å². The first kappa shape index (κ1) is 31.3. The second-order valence-electron chi connectivity index (χ2n) is 11.5. The number of ether oxygens (including phenoxy) is 1. The van der Waals surface area contributed by atoms with Gasteiger partial charge in [0.25, 0.3) is 5.91 Å². The lowest BCUT2D eigenvalue weighted by Crippen LogP contribution is -2.21. The van der Waals surface area contributed by atoms with Gasteiger partial charge in [-0.05, 0) is 102 Å². The molecular formula is C35H36ClN3O4S. The second kappa shape index (κ2) is 13.2. The number of benzene rings is 3. The van der Waals surface area contributed by atoms with Gasteiger partial charge >= 0.3 is 5.97 Å². The molecule has 1 aliphatic carbocycles. The lowest BCUT2D eigenvalue weighted by Gasteiger charge is -2.25. The Morgan fingerprint density at radius 3 is 2.36 bits per heavy atom. The van der Waals surface area contributed by atoms with Crippen molar-refractivity contribution >= 4 is 46.7 Å². The van der Waals surface area contributed by atoms with Crippen LogP contribution in [0.5, 0.6) is 5.75 Å². The zero-order valence-electron chi connectivity index (χ0n) is 25.1. The second-order valence-corrected chi connectivity index (χ2v) is 12.4. The standard InChI is InChI=1S/C35H35N3O4S.ClH/c1-22-17-32(43-21-22)29-15-11-24(34(39)37(2)3)18-26(29)20-42-28-13-9-23(10-14-28)33-36-30-19-25(35(40)41)12-16-31(30)38(33)27-7-5-4-6-8-27;/h9-19,21,27H,4-8,20H2,1-3H3,(H,40,41);1H. The summed E-state index contributed by atoms with van der Waals surface area (Å²) in [6.45, 7) is 2.40. The molecule has 2 heterocycles. The molecule has 7 nitrogen and oxygen atoms in total. The summed E-state index contributed by atoms with van der Waals surface area (Å²) >= 11 is 1.68. The number of aromatic carboxylic acids is 1. The van der Waals surface area contributed by atoms with Gasteiger partial charge in [-0.15, -0.1) is 23.7 Å². The van der Waals surface area contributed by atoms with E-state index < -0.39 is 5.97 Å². The molecular weight excluding hydrogens is 594 g/mol. The minimum absolute atomic E-state index is 0. The number of carbonyl (C=O) groups is 2. The van der Waals surface area contributed by atoms with Crippen molar-refractivity contribution in [1.82, 2.24) is 14.5 Å². The van der Waals surface area contributed by atoms with Crippen molar-refractivity contribution in [2.45, 2.75) is 51.7 Å². The topological polar surface area (TPSA) is 84.7 Å². The molecule has 1 aliphatic rings. The number of nitrogens with zero attached hydrogens (tertiary/aromatic N) is 3. The molecule has 0 saturated heterocycles. The Kier molecular flexibility index (Phi) is 9.42. The number of imidazole rings is 1. The smallest absolute Gasteiger partial charge is 0.335 e. The van der Waals surface area contributed by atoms with E-state index in [4.69, 9.17) is 9.72 Å². The monoisotopic (exact) mass is 629 g/mol. The molecule has 0 radical (unpaired) electrons. The van der Waals surface area contributed by atoms with Crippen molar-refractivity contribution in [3.63, 3.8) is 0 Å². The van der Waals surface area contributed by atoms with Crippen LogP contribution >= 0.6 is 23.7 Å². The summed E-state index contributed by atoms with van der Waals surface area (Å²) in [5.41, 5.74) is 6.71. The van der Waals surface area contributed by atoms with E-state index in [1.807, 2.05) is 48.5 Å². The average Bonchev–Trinajstić information content (AvgIpc) is 3.63. The number of fused-ring (bicyclic) bond motifs is 1. The molecule has 3 aromatic carbocycles. The summed E-state index contributed by atoms with van der Waals surface area (Å²) in [5, 5.41) is 11.7. The van der Waals surface area contributed by atoms with Crippen LogP contribution in [-0.2, 0) is 6.61 Å². The van der Waals surface area contributed by atoms with Gasteiger partial charge in [-0.3, -0.25) is 4.79 Å². The van der Waals surface area contributed by atoms with Crippen molar-refractivity contribution in [1.29, 1.82) is 0 Å². The van der Waals surface area contributed by atoms with Crippen LogP contribution in [0.2, 0.25) is 0 Å². The molecule has 9 heteroatoms. The first-order valence-electron chi connectivity index (χ1n) is 14.7. The van der Waals surface area contributed by atoms with Gasteiger partial charge in [0, 0.05) is 36.1 Å². The van der Waals surface area contributed by atoms with Crippen LogP contribution in [0.15, 0.2) is 72.1 Å². The third-order valence-corrected chi connectivity index (χ3v) is 9.22. The molecule has 0 bridgehead atoms. The first-order valence-corrected chi connectivity index (χ1v) is 15.5. The summed E-state index contributed by atoms with van der Waals surface area (Å²) in [6.07, 6.45) is 5.77. The molecule has 5 aromatic rings. The Labute approximate surface area is 267 Å². The van der Waals surface area contributed by atoms with Gasteiger partial charge in [0.15, 0.2) is 0 Å². The maximum absolute atomic E-state index is 12.7. The zero-order chi connectivity index (χ0) is 30.1. The van der Waals surface area contributed by atoms with Crippen molar-refractivity contribution < 1.29 is 19.4 Å². The highest BCUT2D eigenvalue weighted by Gasteiger charge is 2.23. The number of rotatable bonds is 8. The van der Waals surface area contributed by atoms with Crippen LogP contribution in [0.4, 0.5) is 0 Å². The van der Waals surface area contributed by atoms with Crippen LogP contribution in [0, 0.1) is 6.92 Å². The van der Waals surface area contributed by atoms with Gasteiger partial charge in [-0.25, -0.2) is 9.78 Å². The SMILES string of the molecule is Cc1csc(-c2ccc(C(=O)N(C)C)cc2COc2ccc(-c3nc4cc(C(=O)O)ccc4n3C3CCCCC3)cc2)c1.Cl. The fraction of sp³-hybridized carbons (Fsp3) is 0.286. The van der Waals surface area contributed by atoms with E-state index >= 15 is 0 Å². The van der Waals surface area contributed by atoms with Gasteiger partial charge in [0.05, 0.1) is 16.6 Å². The minimum atomic E-state index is -0.953. The lowest BCUT2D eigenvalue weighted by molar-refractivity contribution is 0.0696. The van der Waals surface area contributed by atoms with E-state index in [0.29, 0.717) is 23.7 Å². The molecule has 2 aromatic heterocycles. The van der Waals surface area contributed by atoms with Crippen molar-refractivity contribution in [2.24, 2.45) is 0 Å². The largest absolute Gasteiger partial charge is 0.489 e. The van der Waals surface area contributed by atoms with Crippen LogP contribution in [-0.4, -0.2) is 45.5 Å². The number of aryl methyl sites for hydroxylation is 1. The molecule has 1 fully saturated rings. The van der Waals surface area contributed by atoms with Crippen molar-refractivity contribution in [3.8, 4) is 27.6 Å². The van der Waals surface area contributed by atoms with Crippen LogP contribution in [0.25, 0.3) is 32.9 Å². The molecule has 1 amide bonds. The predicted octanol–water partition coefficient (Wildman–Crippen LogP) is 8.65. The minimum Gasteiger partial charge on any atom is -0.489 e. The van der Waals surface area contributed by atoms with Gasteiger partial charge in [0.1, 0.15) is 18.2 Å². The fourth-order valence-corrected chi connectivity index (χ4v) is 6.88. The van der Waals surface area contributed by atoms with Gasteiger partial charge in [-0.2, -0.15) is 0 Å². The normalized spacial score (nSPS) is 13.4. The van der Waals surface area contributed by atoms with Gasteiger partial charge in [0.2, 0.25) is 0 Å². The van der Waals surface area contributed by atoms with E-state index in [2.05, 4.69) is 22.9 Å². The fourth-order valence-electron chi connectivity index (χ4n) is 5.92. The number of amides is 1. The summed E-state index contributed by atoms with van der Waals surface area (Å²) < 4.78 is 8.59. The Morgan fingerprint density at radius 2 is 1.70 bits per heavy atom. The summed E-state index contributed by atoms with van der Waals surface area (Å²) in [5.74, 6) is 0.568. The number of halogens is 1. The van der Waals surface area contributed by atoms with Gasteiger partial charge < -0.3 is 19.3 Å². The van der Waals surface area contributed by atoms with Gasteiger partial charge in [-0.1, -0.05) is 25.3 Å². The molecule has 0 atom stereocenters. The quantitative estimate of drug-likeness (QED) is 0.186. The molecule has 228 valence electrons. The Hall–Kier alpha value is -4.14. The molecule has 1 N–H and O–H groups in total. The Bertz CT molecular complexity index is 1800. The van der Waals surface area contributed by atoms with Crippen molar-refractivity contribution in [2.75, 3.05) is 14.1 Å². The summed E-state index contributed by atoms with van der Waals surface area (Å²) in [4.78, 5) is 32.0. The van der Waals surface area contributed by atoms with Crippen molar-refractivity contribution in [3.05, 3.63) is 94.4 Å². The highest BCUT2D eigenvalue weighted by Crippen LogP contribution is 2.37. The van der Waals surface area contributed by atoms with Crippen LogP contribution in [0.3, 0.4) is 0 Å². The van der Waals surface area contributed by atoms with E-state index in [0.717, 1.165) is 51.5 Å². The molecule has 1 saturated carbocycles. The van der Waals surface area contributed by atoms with E-state index in [1.54, 1.807) is 42.5 Å². The van der Waals surface area contributed by atoms with E-state index in [9.17, 15) is 14.7 Å². The zero-order valence-corrected chi connectivity index (χ0v) is 26.7. The number of thiophene rings is 1.